The van der Waals surface area contributed by atoms with Crippen molar-refractivity contribution in [2.75, 3.05) is 5.73 Å². The lowest BCUT2D eigenvalue weighted by molar-refractivity contribution is 0.630. The summed E-state index contributed by atoms with van der Waals surface area (Å²) in [6.45, 7) is 1.93. The van der Waals surface area contributed by atoms with E-state index in [0.29, 0.717) is 27.2 Å². The number of nitrogen functional groups attached to an aromatic ring is 1. The van der Waals surface area contributed by atoms with E-state index in [1.54, 1.807) is 16.5 Å². The van der Waals surface area contributed by atoms with Crippen molar-refractivity contribution in [1.29, 1.82) is 0 Å². The fourth-order valence-electron chi connectivity index (χ4n) is 2.17. The molecule has 0 bridgehead atoms. The van der Waals surface area contributed by atoms with E-state index in [0.717, 1.165) is 10.2 Å². The Labute approximate surface area is 131 Å². The zero-order chi connectivity index (χ0) is 14.4. The number of aryl methyl sites for hydroxylation is 1. The number of pyridine rings is 1. The number of nitrogens with zero attached hydrogens (tertiary/aromatic N) is 2. The van der Waals surface area contributed by atoms with Gasteiger partial charge in [0.05, 0.1) is 0 Å². The maximum absolute atomic E-state index is 14.1. The molecule has 0 aliphatic carbocycles. The minimum atomic E-state index is -0.355. The normalized spacial score (nSPS) is 11.2. The first-order chi connectivity index (χ1) is 9.49. The molecule has 0 spiro atoms. The SMILES string of the molecule is Cc1c(Br)ccc2nc(-c3ccc(Br)cc3F)c(N)n12. The number of halogens is 3. The molecule has 3 rings (SSSR count). The number of rotatable bonds is 1. The van der Waals surface area contributed by atoms with E-state index < -0.39 is 0 Å². The van der Waals surface area contributed by atoms with Crippen LogP contribution in [0.3, 0.4) is 0 Å². The third kappa shape index (κ3) is 2.03. The van der Waals surface area contributed by atoms with Crippen LogP contribution < -0.4 is 5.73 Å². The van der Waals surface area contributed by atoms with Crippen LogP contribution in [0.25, 0.3) is 16.9 Å². The van der Waals surface area contributed by atoms with Crippen LogP contribution in [0.5, 0.6) is 0 Å². The zero-order valence-electron chi connectivity index (χ0n) is 10.5. The largest absolute Gasteiger partial charge is 0.383 e. The van der Waals surface area contributed by atoms with Crippen LogP contribution in [-0.4, -0.2) is 9.38 Å². The van der Waals surface area contributed by atoms with Crippen LogP contribution in [0.15, 0.2) is 39.3 Å². The van der Waals surface area contributed by atoms with Gasteiger partial charge in [0.15, 0.2) is 0 Å². The Morgan fingerprint density at radius 2 is 1.95 bits per heavy atom. The van der Waals surface area contributed by atoms with Gasteiger partial charge in [-0.05, 0) is 53.2 Å². The summed E-state index contributed by atoms with van der Waals surface area (Å²) in [6, 6.07) is 8.58. The highest BCUT2D eigenvalue weighted by atomic mass is 79.9. The lowest BCUT2D eigenvalue weighted by Gasteiger charge is -2.05. The first kappa shape index (κ1) is 13.6. The quantitative estimate of drug-likeness (QED) is 0.653. The molecule has 0 fully saturated rings. The lowest BCUT2D eigenvalue weighted by atomic mass is 10.1. The summed E-state index contributed by atoms with van der Waals surface area (Å²) in [5.41, 5.74) is 8.62. The highest BCUT2D eigenvalue weighted by molar-refractivity contribution is 9.10. The Kier molecular flexibility index (Phi) is 3.30. The Hall–Kier alpha value is -1.40. The van der Waals surface area contributed by atoms with Gasteiger partial charge in [0, 0.05) is 20.2 Å². The Balaban J connectivity index is 2.32. The standard InChI is InChI=1S/C14H10Br2FN3/c1-7-10(16)4-5-12-19-13(14(18)20(7)12)9-3-2-8(15)6-11(9)17/h2-6H,18H2,1H3. The van der Waals surface area contributed by atoms with Crippen molar-refractivity contribution in [3.05, 3.63) is 50.8 Å². The predicted molar refractivity (Wildman–Crippen MR) is 85.1 cm³/mol. The molecule has 1 aromatic carbocycles. The molecule has 2 N–H and O–H groups in total. The summed E-state index contributed by atoms with van der Waals surface area (Å²) >= 11 is 6.70. The van der Waals surface area contributed by atoms with E-state index in [4.69, 9.17) is 5.73 Å². The Morgan fingerprint density at radius 3 is 2.65 bits per heavy atom. The van der Waals surface area contributed by atoms with Crippen molar-refractivity contribution in [3.63, 3.8) is 0 Å². The molecule has 3 aromatic rings. The van der Waals surface area contributed by atoms with Gasteiger partial charge in [0.25, 0.3) is 0 Å². The van der Waals surface area contributed by atoms with E-state index in [-0.39, 0.29) is 5.82 Å². The molecule has 0 radical (unpaired) electrons. The second kappa shape index (κ2) is 4.86. The van der Waals surface area contributed by atoms with Crippen LogP contribution in [0.1, 0.15) is 5.69 Å². The van der Waals surface area contributed by atoms with Crippen molar-refractivity contribution >= 4 is 43.3 Å². The molecule has 0 saturated carbocycles. The first-order valence-electron chi connectivity index (χ1n) is 5.87. The number of benzene rings is 1. The van der Waals surface area contributed by atoms with E-state index in [1.807, 2.05) is 19.1 Å². The highest BCUT2D eigenvalue weighted by Gasteiger charge is 2.16. The molecule has 3 nitrogen and oxygen atoms in total. The molecule has 0 aliphatic heterocycles. The van der Waals surface area contributed by atoms with Crippen molar-refractivity contribution in [3.8, 4) is 11.3 Å². The second-order valence-electron chi connectivity index (χ2n) is 4.43. The number of anilines is 1. The smallest absolute Gasteiger partial charge is 0.139 e. The van der Waals surface area contributed by atoms with Gasteiger partial charge >= 0.3 is 0 Å². The number of fused-ring (bicyclic) bond motifs is 1. The van der Waals surface area contributed by atoms with Crippen LogP contribution in [0, 0.1) is 12.7 Å². The average molecular weight is 399 g/mol. The molecule has 0 unspecified atom stereocenters. The molecule has 6 heteroatoms. The maximum atomic E-state index is 14.1. The lowest BCUT2D eigenvalue weighted by Crippen LogP contribution is -1.99. The van der Waals surface area contributed by atoms with Crippen molar-refractivity contribution in [1.82, 2.24) is 9.38 Å². The van der Waals surface area contributed by atoms with Gasteiger partial charge in [0.1, 0.15) is 23.0 Å². The monoisotopic (exact) mass is 397 g/mol. The molecular weight excluding hydrogens is 389 g/mol. The molecule has 0 aliphatic rings. The minimum absolute atomic E-state index is 0.355. The summed E-state index contributed by atoms with van der Waals surface area (Å²) in [4.78, 5) is 4.44. The van der Waals surface area contributed by atoms with Crippen molar-refractivity contribution in [2.24, 2.45) is 0 Å². The average Bonchev–Trinajstić information content (AvgIpc) is 2.72. The summed E-state index contributed by atoms with van der Waals surface area (Å²) in [6.07, 6.45) is 0. The van der Waals surface area contributed by atoms with Crippen molar-refractivity contribution in [2.45, 2.75) is 6.92 Å². The zero-order valence-corrected chi connectivity index (χ0v) is 13.7. The molecular formula is C14H10Br2FN3. The topological polar surface area (TPSA) is 43.3 Å². The van der Waals surface area contributed by atoms with E-state index >= 15 is 0 Å². The minimum Gasteiger partial charge on any atom is -0.383 e. The van der Waals surface area contributed by atoms with Crippen LogP contribution >= 0.6 is 31.9 Å². The van der Waals surface area contributed by atoms with Gasteiger partial charge in [-0.25, -0.2) is 9.37 Å². The number of imidazole rings is 1. The maximum Gasteiger partial charge on any atom is 0.139 e. The van der Waals surface area contributed by atoms with Gasteiger partial charge < -0.3 is 5.73 Å². The summed E-state index contributed by atoms with van der Waals surface area (Å²) in [5, 5.41) is 0. The number of hydrogen-bond donors (Lipinski definition) is 1. The second-order valence-corrected chi connectivity index (χ2v) is 6.20. The van der Waals surface area contributed by atoms with Gasteiger partial charge in [-0.15, -0.1) is 0 Å². The van der Waals surface area contributed by atoms with Crippen molar-refractivity contribution < 1.29 is 4.39 Å². The first-order valence-corrected chi connectivity index (χ1v) is 7.46. The van der Waals surface area contributed by atoms with Gasteiger partial charge in [-0.2, -0.15) is 0 Å². The molecule has 2 heterocycles. The molecule has 0 saturated heterocycles. The van der Waals surface area contributed by atoms with E-state index in [9.17, 15) is 4.39 Å². The van der Waals surface area contributed by atoms with Gasteiger partial charge in [-0.1, -0.05) is 15.9 Å². The molecule has 0 atom stereocenters. The fourth-order valence-corrected chi connectivity index (χ4v) is 2.81. The predicted octanol–water partition coefficient (Wildman–Crippen LogP) is 4.56. The van der Waals surface area contributed by atoms with E-state index in [1.165, 1.54) is 6.07 Å². The summed E-state index contributed by atoms with van der Waals surface area (Å²) in [5.74, 6) is 0.0752. The summed E-state index contributed by atoms with van der Waals surface area (Å²) < 4.78 is 17.5. The number of aromatic nitrogens is 2. The summed E-state index contributed by atoms with van der Waals surface area (Å²) in [7, 11) is 0. The van der Waals surface area contributed by atoms with Crippen LogP contribution in [0.2, 0.25) is 0 Å². The highest BCUT2D eigenvalue weighted by Crippen LogP contribution is 2.32. The Morgan fingerprint density at radius 1 is 1.20 bits per heavy atom. The Bertz CT molecular complexity index is 827. The molecule has 2 aromatic heterocycles. The third-order valence-electron chi connectivity index (χ3n) is 3.19. The van der Waals surface area contributed by atoms with Gasteiger partial charge in [-0.3, -0.25) is 4.40 Å². The fraction of sp³-hybridized carbons (Fsp3) is 0.0714. The van der Waals surface area contributed by atoms with Gasteiger partial charge in [0.2, 0.25) is 0 Å². The molecule has 20 heavy (non-hydrogen) atoms. The van der Waals surface area contributed by atoms with Crippen LogP contribution in [-0.2, 0) is 0 Å². The third-order valence-corrected chi connectivity index (χ3v) is 4.52. The van der Waals surface area contributed by atoms with Crippen LogP contribution in [0.4, 0.5) is 10.2 Å². The number of hydrogen-bond acceptors (Lipinski definition) is 2. The molecule has 0 amide bonds. The van der Waals surface area contributed by atoms with E-state index in [2.05, 4.69) is 36.8 Å². The molecule has 102 valence electrons. The number of nitrogens with two attached hydrogens (primary N) is 1.